The third kappa shape index (κ3) is 5.97. The summed E-state index contributed by atoms with van der Waals surface area (Å²) < 4.78 is 4.30. The number of nitrogen functional groups attached to an aromatic ring is 1. The summed E-state index contributed by atoms with van der Waals surface area (Å²) in [6.45, 7) is 1.41. The van der Waals surface area contributed by atoms with Crippen molar-refractivity contribution < 1.29 is 14.5 Å². The van der Waals surface area contributed by atoms with E-state index in [4.69, 9.17) is 45.3 Å². The Bertz CT molecular complexity index is 857. The molecule has 28 heavy (non-hydrogen) atoms. The van der Waals surface area contributed by atoms with Crippen molar-refractivity contribution in [3.8, 4) is 0 Å². The Morgan fingerprint density at radius 1 is 1.46 bits per heavy atom. The second kappa shape index (κ2) is 9.08. The highest BCUT2D eigenvalue weighted by Gasteiger charge is 2.35. The molecule has 2 aromatic rings. The van der Waals surface area contributed by atoms with E-state index in [9.17, 15) is 14.9 Å². The number of nitrogens with zero attached hydrogens (tertiary/aromatic N) is 5. The molecule has 0 radical (unpaired) electrons. The number of hydrogen-bond donors (Lipinski definition) is 3. The van der Waals surface area contributed by atoms with Crippen molar-refractivity contribution >= 4 is 58.5 Å². The van der Waals surface area contributed by atoms with Gasteiger partial charge in [0, 0.05) is 13.1 Å². The van der Waals surface area contributed by atoms with Crippen molar-refractivity contribution in [2.24, 2.45) is 0 Å². The van der Waals surface area contributed by atoms with E-state index in [-0.39, 0.29) is 30.7 Å². The molecule has 15 heteroatoms. The quantitative estimate of drug-likeness (QED) is 0.246. The van der Waals surface area contributed by atoms with Crippen LogP contribution >= 0.6 is 34.8 Å². The predicted molar refractivity (Wildman–Crippen MR) is 102 cm³/mol. The topological polar surface area (TPSA) is 163 Å². The number of ether oxygens (including phenoxy) is 1. The number of rotatable bonds is 7. The first kappa shape index (κ1) is 21.7. The molecule has 0 aliphatic rings. The smallest absolute Gasteiger partial charge is 0.409 e. The van der Waals surface area contributed by atoms with Crippen LogP contribution in [0.3, 0.4) is 0 Å². The van der Waals surface area contributed by atoms with Crippen molar-refractivity contribution in [2.75, 3.05) is 17.7 Å². The highest BCUT2D eigenvalue weighted by Crippen LogP contribution is 2.30. The average Bonchev–Trinajstić information content (AvgIpc) is 2.95. The molecular weight excluding hydrogens is 439 g/mol. The summed E-state index contributed by atoms with van der Waals surface area (Å²) in [5, 5.41) is 15.9. The van der Waals surface area contributed by atoms with Crippen LogP contribution in [0.2, 0.25) is 0 Å². The summed E-state index contributed by atoms with van der Waals surface area (Å²) in [4.78, 5) is 34.0. The average molecular weight is 454 g/mol. The van der Waals surface area contributed by atoms with Gasteiger partial charge < -0.3 is 25.9 Å². The van der Waals surface area contributed by atoms with E-state index in [1.165, 1.54) is 16.8 Å². The summed E-state index contributed by atoms with van der Waals surface area (Å²) >= 11 is 17.5. The van der Waals surface area contributed by atoms with Gasteiger partial charge in [0.15, 0.2) is 12.0 Å². The maximum atomic E-state index is 12.0. The number of halogens is 3. The molecule has 0 saturated carbocycles. The maximum Gasteiger partial charge on any atom is 0.409 e. The number of aromatic nitrogens is 4. The first-order valence-electron chi connectivity index (χ1n) is 7.59. The summed E-state index contributed by atoms with van der Waals surface area (Å²) in [6.07, 6.45) is 0.298. The van der Waals surface area contributed by atoms with Gasteiger partial charge in [-0.05, 0) is 11.0 Å². The number of imidazole rings is 1. The van der Waals surface area contributed by atoms with Gasteiger partial charge in [0.1, 0.15) is 25.2 Å². The van der Waals surface area contributed by atoms with E-state index < -0.39 is 21.0 Å². The van der Waals surface area contributed by atoms with Crippen molar-refractivity contribution in [3.63, 3.8) is 0 Å². The standard InChI is InChI=1S/C13H15Cl3N8O4/c1-7-19-6-9(24(26)27)23(7)4-5-28-12(25)22-10(13(14,15)16)21-11-18-3-2-8(17)20-11/h2-3,6,10H,4-5H2,1H3,(H,22,25)(H3,17,18,20,21). The van der Waals surface area contributed by atoms with Crippen molar-refractivity contribution in [2.45, 2.75) is 23.4 Å². The molecule has 2 rings (SSSR count). The molecule has 0 saturated heterocycles. The van der Waals surface area contributed by atoms with Gasteiger partial charge in [0.05, 0.1) is 0 Å². The van der Waals surface area contributed by atoms with E-state index >= 15 is 0 Å². The van der Waals surface area contributed by atoms with E-state index in [1.807, 2.05) is 0 Å². The highest BCUT2D eigenvalue weighted by molar-refractivity contribution is 6.68. The zero-order chi connectivity index (χ0) is 20.9. The molecule has 2 aromatic heterocycles. The monoisotopic (exact) mass is 452 g/mol. The molecule has 12 nitrogen and oxygen atoms in total. The summed E-state index contributed by atoms with van der Waals surface area (Å²) in [5.74, 6) is 0.359. The first-order valence-corrected chi connectivity index (χ1v) is 8.73. The van der Waals surface area contributed by atoms with Crippen LogP contribution in [-0.4, -0.2) is 47.1 Å². The number of hydrogen-bond acceptors (Lipinski definition) is 9. The van der Waals surface area contributed by atoms with Crippen LogP contribution in [0.1, 0.15) is 5.82 Å². The molecule has 1 amide bonds. The van der Waals surface area contributed by atoms with Crippen molar-refractivity contribution in [1.82, 2.24) is 24.8 Å². The van der Waals surface area contributed by atoms with Gasteiger partial charge in [-0.1, -0.05) is 34.8 Å². The molecule has 0 aliphatic heterocycles. The number of carbonyl (C=O) groups excluding carboxylic acids is 1. The third-order valence-electron chi connectivity index (χ3n) is 3.31. The zero-order valence-electron chi connectivity index (χ0n) is 14.3. The Balaban J connectivity index is 1.95. The molecule has 0 bridgehead atoms. The van der Waals surface area contributed by atoms with Crippen LogP contribution in [0, 0.1) is 17.0 Å². The Morgan fingerprint density at radius 2 is 2.18 bits per heavy atom. The first-order chi connectivity index (χ1) is 13.1. The van der Waals surface area contributed by atoms with Gasteiger partial charge in [-0.25, -0.2) is 19.3 Å². The minimum Gasteiger partial charge on any atom is -0.445 e. The number of anilines is 2. The second-order valence-electron chi connectivity index (χ2n) is 5.28. The normalized spacial score (nSPS) is 12.3. The fourth-order valence-corrected chi connectivity index (χ4v) is 2.37. The van der Waals surface area contributed by atoms with Gasteiger partial charge >= 0.3 is 11.9 Å². The fourth-order valence-electron chi connectivity index (χ4n) is 2.04. The molecule has 152 valence electrons. The lowest BCUT2D eigenvalue weighted by atomic mass is 10.5. The van der Waals surface area contributed by atoms with Gasteiger partial charge in [-0.15, -0.1) is 0 Å². The predicted octanol–water partition coefficient (Wildman–Crippen LogP) is 2.01. The largest absolute Gasteiger partial charge is 0.445 e. The Morgan fingerprint density at radius 3 is 2.79 bits per heavy atom. The Labute approximate surface area is 173 Å². The third-order valence-corrected chi connectivity index (χ3v) is 3.96. The molecule has 2 heterocycles. The molecule has 1 unspecified atom stereocenters. The minimum absolute atomic E-state index is 0.0137. The van der Waals surface area contributed by atoms with E-state index in [2.05, 4.69) is 25.6 Å². The van der Waals surface area contributed by atoms with Gasteiger partial charge in [0.25, 0.3) is 0 Å². The summed E-state index contributed by atoms with van der Waals surface area (Å²) in [7, 11) is 0. The molecular formula is C13H15Cl3N8O4. The van der Waals surface area contributed by atoms with Gasteiger partial charge in [0.2, 0.25) is 9.74 Å². The van der Waals surface area contributed by atoms with Crippen LogP contribution < -0.4 is 16.4 Å². The number of aryl methyl sites for hydroxylation is 1. The van der Waals surface area contributed by atoms with E-state index in [0.29, 0.717) is 5.82 Å². The van der Waals surface area contributed by atoms with Crippen molar-refractivity contribution in [3.05, 3.63) is 34.4 Å². The number of amides is 1. The summed E-state index contributed by atoms with van der Waals surface area (Å²) in [5.41, 5.74) is 5.54. The lowest BCUT2D eigenvalue weighted by Gasteiger charge is -2.26. The Kier molecular flexibility index (Phi) is 7.05. The molecule has 4 N–H and O–H groups in total. The van der Waals surface area contributed by atoms with E-state index in [1.54, 1.807) is 6.92 Å². The van der Waals surface area contributed by atoms with Crippen LogP contribution in [0.25, 0.3) is 0 Å². The molecule has 0 aromatic carbocycles. The number of nitrogens with one attached hydrogen (secondary N) is 2. The van der Waals surface area contributed by atoms with Gasteiger partial charge in [-0.2, -0.15) is 4.98 Å². The number of nitrogens with two attached hydrogens (primary N) is 1. The number of alkyl carbamates (subject to hydrolysis) is 1. The lowest BCUT2D eigenvalue weighted by Crippen LogP contribution is -2.49. The summed E-state index contributed by atoms with van der Waals surface area (Å²) in [6, 6.07) is 1.45. The second-order valence-corrected chi connectivity index (χ2v) is 7.65. The number of nitro groups is 1. The molecule has 1 atom stereocenters. The van der Waals surface area contributed by atoms with Crippen LogP contribution in [0.15, 0.2) is 18.5 Å². The molecule has 0 aliphatic carbocycles. The Hall–Kier alpha value is -2.57. The number of carbonyl (C=O) groups is 1. The van der Waals surface area contributed by atoms with Crippen LogP contribution in [0.4, 0.5) is 22.4 Å². The fraction of sp³-hybridized carbons (Fsp3) is 0.385. The van der Waals surface area contributed by atoms with Crippen molar-refractivity contribution in [1.29, 1.82) is 0 Å². The molecule has 0 spiro atoms. The SMILES string of the molecule is Cc1ncc([N+](=O)[O-])n1CCOC(=O)NC(Nc1nccc(N)n1)C(Cl)(Cl)Cl. The van der Waals surface area contributed by atoms with Crippen LogP contribution in [0.5, 0.6) is 0 Å². The highest BCUT2D eigenvalue weighted by atomic mass is 35.6. The zero-order valence-corrected chi connectivity index (χ0v) is 16.6. The maximum absolute atomic E-state index is 12.0. The lowest BCUT2D eigenvalue weighted by molar-refractivity contribution is -0.392. The number of alkyl halides is 3. The minimum atomic E-state index is -1.98. The van der Waals surface area contributed by atoms with E-state index in [0.717, 1.165) is 6.20 Å². The van der Waals surface area contributed by atoms with Crippen LogP contribution in [-0.2, 0) is 11.3 Å². The molecule has 0 fully saturated rings. The van der Waals surface area contributed by atoms with Gasteiger partial charge in [-0.3, -0.25) is 5.32 Å².